The second-order valence-corrected chi connectivity index (χ2v) is 4.72. The minimum atomic E-state index is -0.150. The Kier molecular flexibility index (Phi) is 3.48. The summed E-state index contributed by atoms with van der Waals surface area (Å²) in [6, 6.07) is 8.48. The van der Waals surface area contributed by atoms with E-state index in [-0.39, 0.29) is 11.4 Å². The molecule has 2 rings (SSSR count). The van der Waals surface area contributed by atoms with Gasteiger partial charge < -0.3 is 9.47 Å². The molecule has 0 saturated carbocycles. The number of carbonyl (C=O) groups is 1. The minimum absolute atomic E-state index is 0.0158. The Labute approximate surface area is 102 Å². The second kappa shape index (κ2) is 4.88. The van der Waals surface area contributed by atoms with E-state index < -0.39 is 0 Å². The molecule has 0 bridgehead atoms. The van der Waals surface area contributed by atoms with Gasteiger partial charge in [-0.3, -0.25) is 4.79 Å². The normalized spacial score (nSPS) is 17.3. The standard InChI is InChI=1S/C14H18O3/c1-11-3-5-12(6-4-11)14(9-17-10-14)8-7-13(15)16-2/h3-6H,7-10H2,1-2H3. The number of carbonyl (C=O) groups excluding carboxylic acids is 1. The van der Waals surface area contributed by atoms with E-state index in [2.05, 4.69) is 35.9 Å². The summed E-state index contributed by atoms with van der Waals surface area (Å²) in [5.74, 6) is -0.150. The molecular weight excluding hydrogens is 216 g/mol. The molecule has 3 heteroatoms. The molecule has 0 aliphatic carbocycles. The second-order valence-electron chi connectivity index (χ2n) is 4.72. The van der Waals surface area contributed by atoms with Crippen molar-refractivity contribution >= 4 is 5.97 Å². The molecule has 0 spiro atoms. The van der Waals surface area contributed by atoms with Crippen LogP contribution in [0.25, 0.3) is 0 Å². The van der Waals surface area contributed by atoms with Crippen LogP contribution in [-0.4, -0.2) is 26.3 Å². The summed E-state index contributed by atoms with van der Waals surface area (Å²) in [5.41, 5.74) is 2.53. The highest BCUT2D eigenvalue weighted by molar-refractivity contribution is 5.69. The van der Waals surface area contributed by atoms with Crippen molar-refractivity contribution in [2.45, 2.75) is 25.2 Å². The van der Waals surface area contributed by atoms with Gasteiger partial charge in [0.1, 0.15) is 0 Å². The lowest BCUT2D eigenvalue weighted by Gasteiger charge is -2.42. The van der Waals surface area contributed by atoms with Crippen molar-refractivity contribution in [2.24, 2.45) is 0 Å². The van der Waals surface area contributed by atoms with E-state index in [1.54, 1.807) is 0 Å². The molecular formula is C14H18O3. The molecule has 1 aliphatic rings. The van der Waals surface area contributed by atoms with Gasteiger partial charge in [0, 0.05) is 11.8 Å². The summed E-state index contributed by atoms with van der Waals surface area (Å²) in [4.78, 5) is 11.2. The van der Waals surface area contributed by atoms with Crippen molar-refractivity contribution in [3.05, 3.63) is 35.4 Å². The van der Waals surface area contributed by atoms with Crippen molar-refractivity contribution < 1.29 is 14.3 Å². The predicted molar refractivity (Wildman–Crippen MR) is 64.9 cm³/mol. The number of aryl methyl sites for hydroxylation is 1. The van der Waals surface area contributed by atoms with Crippen LogP contribution >= 0.6 is 0 Å². The van der Waals surface area contributed by atoms with Crippen molar-refractivity contribution in [3.8, 4) is 0 Å². The average molecular weight is 234 g/mol. The first-order valence-electron chi connectivity index (χ1n) is 5.88. The Morgan fingerprint density at radius 3 is 2.47 bits per heavy atom. The number of hydrogen-bond donors (Lipinski definition) is 0. The van der Waals surface area contributed by atoms with Crippen molar-refractivity contribution in [3.63, 3.8) is 0 Å². The molecule has 0 radical (unpaired) electrons. The van der Waals surface area contributed by atoms with E-state index in [0.717, 1.165) is 6.42 Å². The van der Waals surface area contributed by atoms with Gasteiger partial charge in [-0.2, -0.15) is 0 Å². The summed E-state index contributed by atoms with van der Waals surface area (Å²) in [6.07, 6.45) is 1.25. The van der Waals surface area contributed by atoms with Crippen LogP contribution in [0.5, 0.6) is 0 Å². The van der Waals surface area contributed by atoms with E-state index >= 15 is 0 Å². The Balaban J connectivity index is 2.08. The van der Waals surface area contributed by atoms with Gasteiger partial charge in [-0.25, -0.2) is 0 Å². The number of hydrogen-bond acceptors (Lipinski definition) is 3. The van der Waals surface area contributed by atoms with Crippen molar-refractivity contribution in [1.82, 2.24) is 0 Å². The highest BCUT2D eigenvalue weighted by atomic mass is 16.5. The lowest BCUT2D eigenvalue weighted by molar-refractivity contribution is -0.142. The first-order chi connectivity index (χ1) is 8.16. The highest BCUT2D eigenvalue weighted by Gasteiger charge is 2.40. The fourth-order valence-corrected chi connectivity index (χ4v) is 2.15. The fourth-order valence-electron chi connectivity index (χ4n) is 2.15. The van der Waals surface area contributed by atoms with Crippen LogP contribution in [0.1, 0.15) is 24.0 Å². The van der Waals surface area contributed by atoms with Crippen LogP contribution < -0.4 is 0 Å². The molecule has 1 aromatic rings. The Morgan fingerprint density at radius 2 is 2.00 bits per heavy atom. The quantitative estimate of drug-likeness (QED) is 0.749. The molecule has 17 heavy (non-hydrogen) atoms. The van der Waals surface area contributed by atoms with E-state index in [1.807, 2.05) is 0 Å². The van der Waals surface area contributed by atoms with Gasteiger partial charge >= 0.3 is 5.97 Å². The van der Waals surface area contributed by atoms with Gasteiger partial charge in [0.05, 0.1) is 20.3 Å². The summed E-state index contributed by atoms with van der Waals surface area (Å²) < 4.78 is 10.0. The summed E-state index contributed by atoms with van der Waals surface area (Å²) in [5, 5.41) is 0. The van der Waals surface area contributed by atoms with E-state index in [4.69, 9.17) is 4.74 Å². The van der Waals surface area contributed by atoms with Gasteiger partial charge in [0.2, 0.25) is 0 Å². The van der Waals surface area contributed by atoms with Crippen molar-refractivity contribution in [2.75, 3.05) is 20.3 Å². The zero-order valence-corrected chi connectivity index (χ0v) is 10.4. The van der Waals surface area contributed by atoms with Crippen LogP contribution in [0.2, 0.25) is 0 Å². The van der Waals surface area contributed by atoms with Crippen molar-refractivity contribution in [1.29, 1.82) is 0 Å². The summed E-state index contributed by atoms with van der Waals surface area (Å²) in [6.45, 7) is 3.47. The molecule has 3 nitrogen and oxygen atoms in total. The lowest BCUT2D eigenvalue weighted by atomic mass is 9.75. The smallest absolute Gasteiger partial charge is 0.305 e. The Hall–Kier alpha value is -1.35. The molecule has 0 aromatic heterocycles. The maximum Gasteiger partial charge on any atom is 0.305 e. The Bertz CT molecular complexity index is 390. The molecule has 1 saturated heterocycles. The van der Waals surface area contributed by atoms with E-state index in [0.29, 0.717) is 19.6 Å². The molecule has 1 heterocycles. The molecule has 0 unspecified atom stereocenters. The maximum absolute atomic E-state index is 11.2. The van der Waals surface area contributed by atoms with Gasteiger partial charge in [0.15, 0.2) is 0 Å². The number of rotatable bonds is 4. The summed E-state index contributed by atoms with van der Waals surface area (Å²) in [7, 11) is 1.43. The zero-order valence-electron chi connectivity index (χ0n) is 10.4. The largest absolute Gasteiger partial charge is 0.469 e. The van der Waals surface area contributed by atoms with Gasteiger partial charge in [-0.05, 0) is 18.9 Å². The third-order valence-corrected chi connectivity index (χ3v) is 3.46. The molecule has 0 N–H and O–H groups in total. The topological polar surface area (TPSA) is 35.5 Å². The third kappa shape index (κ3) is 2.50. The number of ether oxygens (including phenoxy) is 2. The maximum atomic E-state index is 11.2. The molecule has 92 valence electrons. The highest BCUT2D eigenvalue weighted by Crippen LogP contribution is 2.36. The number of benzene rings is 1. The minimum Gasteiger partial charge on any atom is -0.469 e. The average Bonchev–Trinajstić information content (AvgIpc) is 2.29. The molecule has 0 atom stereocenters. The van der Waals surface area contributed by atoms with Crippen LogP contribution in [0.15, 0.2) is 24.3 Å². The monoisotopic (exact) mass is 234 g/mol. The van der Waals surface area contributed by atoms with Gasteiger partial charge in [-0.1, -0.05) is 29.8 Å². The lowest BCUT2D eigenvalue weighted by Crippen LogP contribution is -2.47. The Morgan fingerprint density at radius 1 is 1.35 bits per heavy atom. The van der Waals surface area contributed by atoms with Crippen LogP contribution in [-0.2, 0) is 19.7 Å². The molecule has 1 aliphatic heterocycles. The van der Waals surface area contributed by atoms with E-state index in [9.17, 15) is 4.79 Å². The summed E-state index contributed by atoms with van der Waals surface area (Å²) >= 11 is 0. The van der Waals surface area contributed by atoms with Gasteiger partial charge in [0.25, 0.3) is 0 Å². The SMILES string of the molecule is COC(=O)CCC1(c2ccc(C)cc2)COC1. The first kappa shape index (κ1) is 12.1. The van der Waals surface area contributed by atoms with Crippen LogP contribution in [0.3, 0.4) is 0 Å². The molecule has 1 fully saturated rings. The predicted octanol–water partition coefficient (Wildman–Crippen LogP) is 2.22. The third-order valence-electron chi connectivity index (χ3n) is 3.46. The van der Waals surface area contributed by atoms with E-state index in [1.165, 1.54) is 18.2 Å². The molecule has 0 amide bonds. The number of esters is 1. The van der Waals surface area contributed by atoms with Crippen LogP contribution in [0.4, 0.5) is 0 Å². The molecule has 1 aromatic carbocycles. The van der Waals surface area contributed by atoms with Gasteiger partial charge in [-0.15, -0.1) is 0 Å². The fraction of sp³-hybridized carbons (Fsp3) is 0.500. The zero-order chi connectivity index (χ0) is 12.3. The van der Waals surface area contributed by atoms with Crippen LogP contribution in [0, 0.1) is 6.92 Å². The first-order valence-corrected chi connectivity index (χ1v) is 5.88. The number of methoxy groups -OCH3 is 1.